The van der Waals surface area contributed by atoms with E-state index in [2.05, 4.69) is 11.8 Å². The van der Waals surface area contributed by atoms with Crippen LogP contribution in [-0.4, -0.2) is 17.7 Å². The summed E-state index contributed by atoms with van der Waals surface area (Å²) >= 11 is 0. The molecule has 1 atom stereocenters. The minimum absolute atomic E-state index is 0.0127. The maximum atomic E-state index is 10.8. The lowest BCUT2D eigenvalue weighted by Gasteiger charge is -2.10. The maximum Gasteiger partial charge on any atom is 0.304 e. The molecule has 1 unspecified atom stereocenters. The molecule has 1 aromatic rings. The lowest BCUT2D eigenvalue weighted by atomic mass is 9.96. The second kappa shape index (κ2) is 8.06. The van der Waals surface area contributed by atoms with E-state index in [0.29, 0.717) is 6.61 Å². The average Bonchev–Trinajstić information content (AvgIpc) is 2.38. The Morgan fingerprint density at radius 2 is 2.00 bits per heavy atom. The van der Waals surface area contributed by atoms with E-state index in [4.69, 9.17) is 9.84 Å². The van der Waals surface area contributed by atoms with Gasteiger partial charge in [-0.15, -0.1) is 5.92 Å². The van der Waals surface area contributed by atoms with Gasteiger partial charge in [0, 0.05) is 0 Å². The molecule has 0 radical (unpaired) electrons. The molecule has 0 fully saturated rings. The number of hydrogen-bond acceptors (Lipinski definition) is 2. The number of allylic oxidation sites excluding steroid dienone is 1. The van der Waals surface area contributed by atoms with Gasteiger partial charge in [0.2, 0.25) is 0 Å². The Kier molecular flexibility index (Phi) is 6.39. The predicted molar refractivity (Wildman–Crippen MR) is 79.8 cm³/mol. The molecule has 0 bridgehead atoms. The number of ether oxygens (including phenoxy) is 1. The van der Waals surface area contributed by atoms with E-state index in [9.17, 15) is 4.79 Å². The molecular weight excluding hydrogens is 252 g/mol. The standard InChI is InChI=1S/C17H20O3/c1-4-5-15(12-17(18)19)14-6-8-16(9-7-14)20-11-10-13(2)3/h6-10,15H,11-12H2,1-3H3,(H,18,19). The highest BCUT2D eigenvalue weighted by Crippen LogP contribution is 2.22. The average molecular weight is 272 g/mol. The first-order chi connectivity index (χ1) is 9.52. The first kappa shape index (κ1) is 15.8. The van der Waals surface area contributed by atoms with Crippen molar-refractivity contribution < 1.29 is 14.6 Å². The number of aliphatic carboxylic acids is 1. The highest BCUT2D eigenvalue weighted by atomic mass is 16.5. The van der Waals surface area contributed by atoms with Crippen LogP contribution in [0.3, 0.4) is 0 Å². The Hall–Kier alpha value is -2.21. The second-order valence-electron chi connectivity index (χ2n) is 4.71. The summed E-state index contributed by atoms with van der Waals surface area (Å²) in [7, 11) is 0. The Labute approximate surface area is 120 Å². The molecule has 0 aliphatic heterocycles. The molecule has 1 aromatic carbocycles. The lowest BCUT2D eigenvalue weighted by Crippen LogP contribution is -2.04. The molecule has 106 valence electrons. The van der Waals surface area contributed by atoms with Crippen molar-refractivity contribution in [3.05, 3.63) is 41.5 Å². The van der Waals surface area contributed by atoms with Crippen molar-refractivity contribution in [3.63, 3.8) is 0 Å². The highest BCUT2D eigenvalue weighted by molar-refractivity contribution is 5.69. The zero-order valence-electron chi connectivity index (χ0n) is 12.1. The van der Waals surface area contributed by atoms with Gasteiger partial charge in [-0.1, -0.05) is 23.6 Å². The van der Waals surface area contributed by atoms with Crippen molar-refractivity contribution in [1.29, 1.82) is 0 Å². The summed E-state index contributed by atoms with van der Waals surface area (Å²) < 4.78 is 5.56. The van der Waals surface area contributed by atoms with E-state index >= 15 is 0 Å². The minimum Gasteiger partial charge on any atom is -0.490 e. The van der Waals surface area contributed by atoms with Crippen LogP contribution in [0, 0.1) is 11.8 Å². The number of rotatable bonds is 6. The molecule has 0 aliphatic carbocycles. The van der Waals surface area contributed by atoms with E-state index in [1.807, 2.05) is 44.2 Å². The van der Waals surface area contributed by atoms with Crippen molar-refractivity contribution in [1.82, 2.24) is 0 Å². The third-order valence-corrected chi connectivity index (χ3v) is 2.72. The SMILES string of the molecule is CC#CC(CC(=O)O)c1ccc(OCC=C(C)C)cc1. The van der Waals surface area contributed by atoms with Gasteiger partial charge in [0.15, 0.2) is 0 Å². The van der Waals surface area contributed by atoms with Crippen LogP contribution in [0.4, 0.5) is 0 Å². The van der Waals surface area contributed by atoms with Crippen molar-refractivity contribution >= 4 is 5.97 Å². The van der Waals surface area contributed by atoms with Gasteiger partial charge >= 0.3 is 5.97 Å². The van der Waals surface area contributed by atoms with E-state index in [1.165, 1.54) is 5.57 Å². The molecule has 0 saturated heterocycles. The fourth-order valence-electron chi connectivity index (χ4n) is 1.70. The summed E-state index contributed by atoms with van der Waals surface area (Å²) in [6.07, 6.45) is 2.02. The van der Waals surface area contributed by atoms with E-state index in [-0.39, 0.29) is 12.3 Å². The van der Waals surface area contributed by atoms with Gasteiger partial charge in [0.25, 0.3) is 0 Å². The summed E-state index contributed by atoms with van der Waals surface area (Å²) in [6, 6.07) is 7.44. The molecule has 0 aliphatic rings. The summed E-state index contributed by atoms with van der Waals surface area (Å²) in [4.78, 5) is 10.8. The van der Waals surface area contributed by atoms with Gasteiger partial charge in [0.1, 0.15) is 12.4 Å². The normalized spacial score (nSPS) is 10.9. The molecule has 20 heavy (non-hydrogen) atoms. The van der Waals surface area contributed by atoms with Gasteiger partial charge in [-0.05, 0) is 44.5 Å². The summed E-state index contributed by atoms with van der Waals surface area (Å²) in [5.41, 5.74) is 2.11. The smallest absolute Gasteiger partial charge is 0.304 e. The molecule has 0 amide bonds. The van der Waals surface area contributed by atoms with Gasteiger partial charge < -0.3 is 9.84 Å². The van der Waals surface area contributed by atoms with Gasteiger partial charge in [-0.2, -0.15) is 0 Å². The monoisotopic (exact) mass is 272 g/mol. The maximum absolute atomic E-state index is 10.8. The quantitative estimate of drug-likeness (QED) is 0.635. The highest BCUT2D eigenvalue weighted by Gasteiger charge is 2.12. The summed E-state index contributed by atoms with van der Waals surface area (Å²) in [5.74, 6) is 5.36. The fourth-order valence-corrected chi connectivity index (χ4v) is 1.70. The Morgan fingerprint density at radius 3 is 2.50 bits per heavy atom. The number of benzene rings is 1. The van der Waals surface area contributed by atoms with E-state index in [1.54, 1.807) is 6.92 Å². The Bertz CT molecular complexity index is 526. The molecule has 0 heterocycles. The number of carboxylic acids is 1. The van der Waals surface area contributed by atoms with Crippen LogP contribution in [0.15, 0.2) is 35.9 Å². The van der Waals surface area contributed by atoms with Crippen LogP contribution in [0.25, 0.3) is 0 Å². The van der Waals surface area contributed by atoms with E-state index < -0.39 is 5.97 Å². The predicted octanol–water partition coefficient (Wildman–Crippen LogP) is 3.61. The second-order valence-corrected chi connectivity index (χ2v) is 4.71. The molecule has 0 aromatic heterocycles. The molecule has 1 rings (SSSR count). The third kappa shape index (κ3) is 5.62. The Morgan fingerprint density at radius 1 is 1.35 bits per heavy atom. The summed E-state index contributed by atoms with van der Waals surface area (Å²) in [5, 5.41) is 8.90. The minimum atomic E-state index is -0.846. The molecule has 1 N–H and O–H groups in total. The van der Waals surface area contributed by atoms with Gasteiger partial charge in [-0.25, -0.2) is 0 Å². The molecule has 3 nitrogen and oxygen atoms in total. The third-order valence-electron chi connectivity index (χ3n) is 2.72. The van der Waals surface area contributed by atoms with Crippen molar-refractivity contribution in [2.75, 3.05) is 6.61 Å². The van der Waals surface area contributed by atoms with Crippen LogP contribution in [0.1, 0.15) is 38.7 Å². The van der Waals surface area contributed by atoms with Crippen molar-refractivity contribution in [2.24, 2.45) is 0 Å². The number of carboxylic acid groups (broad SMARTS) is 1. The van der Waals surface area contributed by atoms with Crippen LogP contribution in [-0.2, 0) is 4.79 Å². The van der Waals surface area contributed by atoms with Crippen LogP contribution >= 0.6 is 0 Å². The topological polar surface area (TPSA) is 46.5 Å². The lowest BCUT2D eigenvalue weighted by molar-refractivity contribution is -0.137. The molecule has 0 saturated carbocycles. The first-order valence-corrected chi connectivity index (χ1v) is 6.53. The molecule has 0 spiro atoms. The van der Waals surface area contributed by atoms with Crippen molar-refractivity contribution in [2.45, 2.75) is 33.1 Å². The van der Waals surface area contributed by atoms with Crippen LogP contribution in [0.5, 0.6) is 5.75 Å². The number of hydrogen-bond donors (Lipinski definition) is 1. The van der Waals surface area contributed by atoms with Crippen molar-refractivity contribution in [3.8, 4) is 17.6 Å². The largest absolute Gasteiger partial charge is 0.490 e. The number of carbonyl (C=O) groups is 1. The van der Waals surface area contributed by atoms with E-state index in [0.717, 1.165) is 11.3 Å². The van der Waals surface area contributed by atoms with Gasteiger partial charge in [0.05, 0.1) is 12.3 Å². The molecule has 3 heteroatoms. The molecular formula is C17H20O3. The zero-order chi connectivity index (χ0) is 15.0. The Balaban J connectivity index is 2.74. The van der Waals surface area contributed by atoms with Crippen LogP contribution < -0.4 is 4.74 Å². The zero-order valence-corrected chi connectivity index (χ0v) is 12.1. The fraction of sp³-hybridized carbons (Fsp3) is 0.353. The first-order valence-electron chi connectivity index (χ1n) is 6.53. The van der Waals surface area contributed by atoms with Gasteiger partial charge in [-0.3, -0.25) is 4.79 Å². The summed E-state index contributed by atoms with van der Waals surface area (Å²) in [6.45, 7) is 6.29. The van der Waals surface area contributed by atoms with Crippen LogP contribution in [0.2, 0.25) is 0 Å².